The fourth-order valence-corrected chi connectivity index (χ4v) is 2.15. The van der Waals surface area contributed by atoms with E-state index < -0.39 is 17.6 Å². The van der Waals surface area contributed by atoms with Gasteiger partial charge in [-0.25, -0.2) is 0 Å². The number of amides is 1. The SMILES string of the molecule is CC(=CC(=O)Nc1cccc(C(F)(F)F)c1)NCc1ccc(C)cc1. The van der Waals surface area contributed by atoms with E-state index in [9.17, 15) is 18.0 Å². The van der Waals surface area contributed by atoms with Gasteiger partial charge in [-0.3, -0.25) is 4.79 Å². The van der Waals surface area contributed by atoms with Crippen LogP contribution >= 0.6 is 0 Å². The third-order valence-corrected chi connectivity index (χ3v) is 3.50. The van der Waals surface area contributed by atoms with E-state index in [-0.39, 0.29) is 5.69 Å². The minimum absolute atomic E-state index is 0.0995. The highest BCUT2D eigenvalue weighted by atomic mass is 19.4. The van der Waals surface area contributed by atoms with Crippen LogP contribution in [-0.4, -0.2) is 5.91 Å². The molecular weight excluding hydrogens is 329 g/mol. The molecule has 0 atom stereocenters. The van der Waals surface area contributed by atoms with Crippen molar-refractivity contribution in [3.63, 3.8) is 0 Å². The summed E-state index contributed by atoms with van der Waals surface area (Å²) in [5.41, 5.74) is 2.14. The normalized spacial score (nSPS) is 12.0. The van der Waals surface area contributed by atoms with Gasteiger partial charge in [-0.05, 0) is 37.6 Å². The van der Waals surface area contributed by atoms with Gasteiger partial charge in [0.05, 0.1) is 5.56 Å². The van der Waals surface area contributed by atoms with Crippen molar-refractivity contribution >= 4 is 11.6 Å². The zero-order chi connectivity index (χ0) is 18.4. The Labute approximate surface area is 144 Å². The van der Waals surface area contributed by atoms with E-state index in [0.29, 0.717) is 12.2 Å². The molecule has 0 aliphatic carbocycles. The van der Waals surface area contributed by atoms with E-state index in [1.54, 1.807) is 6.92 Å². The quantitative estimate of drug-likeness (QED) is 0.773. The molecule has 6 heteroatoms. The number of rotatable bonds is 5. The van der Waals surface area contributed by atoms with Crippen molar-refractivity contribution in [2.24, 2.45) is 0 Å². The van der Waals surface area contributed by atoms with E-state index in [2.05, 4.69) is 10.6 Å². The number of nitrogens with one attached hydrogen (secondary N) is 2. The molecule has 0 heterocycles. The van der Waals surface area contributed by atoms with Crippen LogP contribution in [0.5, 0.6) is 0 Å². The molecule has 0 spiro atoms. The summed E-state index contributed by atoms with van der Waals surface area (Å²) < 4.78 is 38.0. The van der Waals surface area contributed by atoms with Gasteiger partial charge in [0, 0.05) is 24.0 Å². The van der Waals surface area contributed by atoms with Gasteiger partial charge in [0.15, 0.2) is 0 Å². The van der Waals surface area contributed by atoms with Gasteiger partial charge in [-0.2, -0.15) is 13.2 Å². The Bertz CT molecular complexity index is 765. The molecule has 2 aromatic carbocycles. The van der Waals surface area contributed by atoms with Crippen LogP contribution in [0.15, 0.2) is 60.3 Å². The van der Waals surface area contributed by atoms with Crippen LogP contribution in [-0.2, 0) is 17.5 Å². The monoisotopic (exact) mass is 348 g/mol. The molecule has 2 rings (SSSR count). The lowest BCUT2D eigenvalue weighted by molar-refractivity contribution is -0.137. The molecule has 0 aliphatic rings. The molecule has 0 aliphatic heterocycles. The number of allylic oxidation sites excluding steroid dienone is 1. The number of hydrogen-bond donors (Lipinski definition) is 2. The highest BCUT2D eigenvalue weighted by Gasteiger charge is 2.30. The molecule has 0 bridgehead atoms. The Balaban J connectivity index is 1.94. The largest absolute Gasteiger partial charge is 0.416 e. The van der Waals surface area contributed by atoms with Gasteiger partial charge >= 0.3 is 6.18 Å². The third-order valence-electron chi connectivity index (χ3n) is 3.50. The number of anilines is 1. The number of carbonyl (C=O) groups excluding carboxylic acids is 1. The summed E-state index contributed by atoms with van der Waals surface area (Å²) in [5, 5.41) is 5.53. The maximum absolute atomic E-state index is 12.7. The molecule has 0 fully saturated rings. The van der Waals surface area contributed by atoms with Crippen LogP contribution in [0, 0.1) is 6.92 Å². The van der Waals surface area contributed by atoms with E-state index in [0.717, 1.165) is 23.3 Å². The summed E-state index contributed by atoms with van der Waals surface area (Å²) in [6, 6.07) is 12.5. The summed E-state index contributed by atoms with van der Waals surface area (Å²) in [7, 11) is 0. The fraction of sp³-hybridized carbons (Fsp3) is 0.211. The smallest absolute Gasteiger partial charge is 0.384 e. The van der Waals surface area contributed by atoms with Gasteiger partial charge in [0.2, 0.25) is 5.91 Å². The molecule has 2 N–H and O–H groups in total. The second-order valence-corrected chi connectivity index (χ2v) is 5.73. The summed E-state index contributed by atoms with van der Waals surface area (Å²) in [6.45, 7) is 4.28. The number of aryl methyl sites for hydroxylation is 1. The minimum Gasteiger partial charge on any atom is -0.384 e. The molecular formula is C19H19F3N2O. The van der Waals surface area contributed by atoms with Gasteiger partial charge in [-0.15, -0.1) is 0 Å². The first-order chi connectivity index (χ1) is 11.7. The van der Waals surface area contributed by atoms with Crippen LogP contribution in [0.1, 0.15) is 23.6 Å². The summed E-state index contributed by atoms with van der Waals surface area (Å²) >= 11 is 0. The zero-order valence-corrected chi connectivity index (χ0v) is 13.9. The lowest BCUT2D eigenvalue weighted by Crippen LogP contribution is -2.15. The topological polar surface area (TPSA) is 41.1 Å². The molecule has 3 nitrogen and oxygen atoms in total. The molecule has 2 aromatic rings. The second kappa shape index (κ2) is 7.88. The number of benzene rings is 2. The van der Waals surface area contributed by atoms with Gasteiger partial charge in [-0.1, -0.05) is 35.9 Å². The molecule has 25 heavy (non-hydrogen) atoms. The number of halogens is 3. The molecule has 0 aromatic heterocycles. The first kappa shape index (κ1) is 18.6. The van der Waals surface area contributed by atoms with Gasteiger partial charge < -0.3 is 10.6 Å². The number of carbonyl (C=O) groups is 1. The maximum Gasteiger partial charge on any atom is 0.416 e. The predicted molar refractivity (Wildman–Crippen MR) is 91.8 cm³/mol. The van der Waals surface area contributed by atoms with E-state index >= 15 is 0 Å². The third kappa shape index (κ3) is 5.99. The van der Waals surface area contributed by atoms with Crippen LogP contribution in [0.3, 0.4) is 0 Å². The average molecular weight is 348 g/mol. The summed E-state index contributed by atoms with van der Waals surface area (Å²) in [4.78, 5) is 11.9. The average Bonchev–Trinajstić information content (AvgIpc) is 2.53. The fourth-order valence-electron chi connectivity index (χ4n) is 2.15. The van der Waals surface area contributed by atoms with Crippen molar-refractivity contribution in [1.82, 2.24) is 5.32 Å². The number of hydrogen-bond acceptors (Lipinski definition) is 2. The first-order valence-electron chi connectivity index (χ1n) is 7.70. The van der Waals surface area contributed by atoms with Crippen molar-refractivity contribution in [2.45, 2.75) is 26.6 Å². The highest BCUT2D eigenvalue weighted by Crippen LogP contribution is 2.30. The van der Waals surface area contributed by atoms with E-state index in [4.69, 9.17) is 0 Å². The van der Waals surface area contributed by atoms with Crippen LogP contribution < -0.4 is 10.6 Å². The van der Waals surface area contributed by atoms with Crippen LogP contribution in [0.2, 0.25) is 0 Å². The summed E-state index contributed by atoms with van der Waals surface area (Å²) in [5.74, 6) is -0.492. The van der Waals surface area contributed by atoms with Crippen molar-refractivity contribution < 1.29 is 18.0 Å². The Morgan fingerprint density at radius 1 is 1.12 bits per heavy atom. The molecule has 0 saturated heterocycles. The summed E-state index contributed by atoms with van der Waals surface area (Å²) in [6.07, 6.45) is -3.13. The minimum atomic E-state index is -4.44. The predicted octanol–water partition coefficient (Wildman–Crippen LogP) is 4.65. The Morgan fingerprint density at radius 3 is 2.44 bits per heavy atom. The molecule has 0 saturated carbocycles. The molecule has 0 radical (unpaired) electrons. The van der Waals surface area contributed by atoms with Crippen molar-refractivity contribution in [2.75, 3.05) is 5.32 Å². The number of alkyl halides is 3. The van der Waals surface area contributed by atoms with Crippen LogP contribution in [0.4, 0.5) is 18.9 Å². The Hall–Kier alpha value is -2.76. The lowest BCUT2D eigenvalue weighted by atomic mass is 10.1. The first-order valence-corrected chi connectivity index (χ1v) is 7.70. The van der Waals surface area contributed by atoms with Crippen molar-refractivity contribution in [3.05, 3.63) is 77.0 Å². The molecule has 0 unspecified atom stereocenters. The van der Waals surface area contributed by atoms with E-state index in [1.165, 1.54) is 18.2 Å². The highest BCUT2D eigenvalue weighted by molar-refractivity contribution is 5.99. The molecule has 132 valence electrons. The molecule has 1 amide bonds. The maximum atomic E-state index is 12.7. The Kier molecular flexibility index (Phi) is 5.85. The van der Waals surface area contributed by atoms with E-state index in [1.807, 2.05) is 31.2 Å². The second-order valence-electron chi connectivity index (χ2n) is 5.73. The van der Waals surface area contributed by atoms with Gasteiger partial charge in [0.25, 0.3) is 0 Å². The van der Waals surface area contributed by atoms with Gasteiger partial charge in [0.1, 0.15) is 0 Å². The van der Waals surface area contributed by atoms with Crippen molar-refractivity contribution in [3.8, 4) is 0 Å². The lowest BCUT2D eigenvalue weighted by Gasteiger charge is -2.10. The standard InChI is InChI=1S/C19H19F3N2O/c1-13-6-8-15(9-7-13)12-23-14(2)10-18(25)24-17-5-3-4-16(11-17)19(20,21)22/h3-11,23H,12H2,1-2H3,(H,24,25). The van der Waals surface area contributed by atoms with Crippen molar-refractivity contribution in [1.29, 1.82) is 0 Å². The Morgan fingerprint density at radius 2 is 1.80 bits per heavy atom. The van der Waals surface area contributed by atoms with Crippen LogP contribution in [0.25, 0.3) is 0 Å². The zero-order valence-electron chi connectivity index (χ0n) is 13.9.